The topological polar surface area (TPSA) is 111 Å². The number of hydrogen-bond donors (Lipinski definition) is 0. The summed E-state index contributed by atoms with van der Waals surface area (Å²) in [7, 11) is 0. The minimum atomic E-state index is 0.514. The highest BCUT2D eigenvalue weighted by molar-refractivity contribution is 9.09. The van der Waals surface area contributed by atoms with Crippen LogP contribution in [0.15, 0.2) is 24.3 Å². The Morgan fingerprint density at radius 2 is 0.635 bits per heavy atom. The van der Waals surface area contributed by atoms with Crippen molar-refractivity contribution in [2.24, 2.45) is 0 Å². The largest absolute Gasteiger partial charge is 0.491 e. The molecule has 0 N–H and O–H groups in total. The molecule has 0 aliphatic heterocycles. The van der Waals surface area contributed by atoms with Gasteiger partial charge in [0.15, 0.2) is 0 Å². The second kappa shape index (κ2) is 42.8. The number of hydrogen-bond acceptors (Lipinski definition) is 12. The second-order valence-corrected chi connectivity index (χ2v) is 12.6. The van der Waals surface area contributed by atoms with Gasteiger partial charge in [-0.1, -0.05) is 73.5 Å². The first-order valence-electron chi connectivity index (χ1n) is 19.5. The number of aryl methyl sites for hydroxylation is 1. The van der Waals surface area contributed by atoms with E-state index in [0.29, 0.717) is 152 Å². The Kier molecular flexibility index (Phi) is 40.4. The lowest BCUT2D eigenvalue weighted by Gasteiger charge is -2.09. The van der Waals surface area contributed by atoms with Gasteiger partial charge in [-0.05, 0) is 30.5 Å². The van der Waals surface area contributed by atoms with Crippen molar-refractivity contribution in [3.05, 3.63) is 29.8 Å². The fourth-order valence-electron chi connectivity index (χ4n) is 4.61. The molecule has 0 spiro atoms. The van der Waals surface area contributed by atoms with Crippen molar-refractivity contribution in [3.63, 3.8) is 0 Å². The van der Waals surface area contributed by atoms with E-state index in [0.717, 1.165) is 17.5 Å². The zero-order valence-electron chi connectivity index (χ0n) is 32.2. The van der Waals surface area contributed by atoms with Gasteiger partial charge in [0.1, 0.15) is 12.4 Å². The van der Waals surface area contributed by atoms with E-state index < -0.39 is 0 Å². The maximum absolute atomic E-state index is 5.79. The fourth-order valence-corrected chi connectivity index (χ4v) is 4.84. The van der Waals surface area contributed by atoms with Gasteiger partial charge in [-0.3, -0.25) is 0 Å². The van der Waals surface area contributed by atoms with Gasteiger partial charge in [0.05, 0.1) is 145 Å². The summed E-state index contributed by atoms with van der Waals surface area (Å²) in [6.07, 6.45) is 10.5. The first-order chi connectivity index (χ1) is 25.9. The molecule has 0 radical (unpaired) electrons. The smallest absolute Gasteiger partial charge is 0.119 e. The molecule has 1 rings (SSSR count). The predicted molar refractivity (Wildman–Crippen MR) is 206 cm³/mol. The fraction of sp³-hybridized carbons (Fsp3) is 0.846. The third kappa shape index (κ3) is 37.4. The molecule has 0 aromatic heterocycles. The normalized spacial score (nSPS) is 11.5. The summed E-state index contributed by atoms with van der Waals surface area (Å²) in [4.78, 5) is 0. The highest BCUT2D eigenvalue weighted by Crippen LogP contribution is 2.15. The average molecular weight is 812 g/mol. The van der Waals surface area contributed by atoms with Crippen molar-refractivity contribution in [3.8, 4) is 5.75 Å². The molecule has 0 bridgehead atoms. The van der Waals surface area contributed by atoms with Gasteiger partial charge in [-0.2, -0.15) is 0 Å². The molecule has 0 aliphatic carbocycles. The molecule has 13 heteroatoms. The third-order valence-corrected chi connectivity index (χ3v) is 7.75. The van der Waals surface area contributed by atoms with Crippen molar-refractivity contribution in [2.45, 2.75) is 58.3 Å². The maximum atomic E-state index is 5.79. The van der Waals surface area contributed by atoms with Crippen LogP contribution in [0.4, 0.5) is 0 Å². The first kappa shape index (κ1) is 49.1. The second-order valence-electron chi connectivity index (χ2n) is 11.8. The Morgan fingerprint density at radius 1 is 0.346 bits per heavy atom. The molecule has 0 saturated heterocycles. The Labute approximate surface area is 323 Å². The summed E-state index contributed by atoms with van der Waals surface area (Å²) >= 11 is 3.31. The molecule has 0 amide bonds. The van der Waals surface area contributed by atoms with Crippen molar-refractivity contribution in [2.75, 3.05) is 157 Å². The van der Waals surface area contributed by atoms with Crippen LogP contribution in [0.1, 0.15) is 57.4 Å². The van der Waals surface area contributed by atoms with E-state index in [1.807, 2.05) is 0 Å². The van der Waals surface area contributed by atoms with Crippen LogP contribution in [0.3, 0.4) is 0 Å². The Bertz CT molecular complexity index is 808. The molecule has 0 saturated carbocycles. The number of unbranched alkanes of at least 4 members (excludes halogenated alkanes) is 6. The van der Waals surface area contributed by atoms with Crippen LogP contribution >= 0.6 is 15.9 Å². The van der Waals surface area contributed by atoms with Gasteiger partial charge < -0.3 is 56.8 Å². The standard InChI is InChI=1S/C39H71BrO12/c1-2-3-4-5-6-7-8-9-38-10-12-39(13-11-38)52-37-36-51-35-34-50-33-32-49-31-30-48-29-28-47-27-26-46-25-24-45-23-22-44-21-20-43-19-18-42-17-16-41-15-14-40/h10-13H,2-9,14-37H2,1H3. The van der Waals surface area contributed by atoms with Crippen molar-refractivity contribution >= 4 is 15.9 Å². The van der Waals surface area contributed by atoms with Crippen molar-refractivity contribution in [1.82, 2.24) is 0 Å². The van der Waals surface area contributed by atoms with E-state index in [2.05, 4.69) is 47.1 Å². The Morgan fingerprint density at radius 3 is 0.962 bits per heavy atom. The molecule has 12 nitrogen and oxygen atoms in total. The van der Waals surface area contributed by atoms with E-state index in [1.54, 1.807) is 0 Å². The van der Waals surface area contributed by atoms with E-state index in [4.69, 9.17) is 56.8 Å². The molecule has 306 valence electrons. The minimum Gasteiger partial charge on any atom is -0.491 e. The number of halogens is 1. The van der Waals surface area contributed by atoms with Gasteiger partial charge in [0, 0.05) is 5.33 Å². The SMILES string of the molecule is CCCCCCCCCc1ccc(OCCOCCOCCOCCOCCOCCOCCOCCOCCOCCOCCOCCBr)cc1. The molecule has 1 aromatic carbocycles. The first-order valence-corrected chi connectivity index (χ1v) is 20.6. The van der Waals surface area contributed by atoms with Crippen LogP contribution in [-0.2, 0) is 58.5 Å². The zero-order valence-corrected chi connectivity index (χ0v) is 33.8. The quantitative estimate of drug-likeness (QED) is 0.0575. The molecule has 0 heterocycles. The maximum Gasteiger partial charge on any atom is 0.119 e. The van der Waals surface area contributed by atoms with Crippen LogP contribution in [0.25, 0.3) is 0 Å². The molecule has 52 heavy (non-hydrogen) atoms. The van der Waals surface area contributed by atoms with Crippen LogP contribution in [0, 0.1) is 0 Å². The van der Waals surface area contributed by atoms with Crippen LogP contribution in [0.2, 0.25) is 0 Å². The molecule has 0 aliphatic rings. The number of alkyl halides is 1. The van der Waals surface area contributed by atoms with E-state index in [9.17, 15) is 0 Å². The van der Waals surface area contributed by atoms with Crippen molar-refractivity contribution < 1.29 is 56.8 Å². The van der Waals surface area contributed by atoms with Gasteiger partial charge in [0.25, 0.3) is 0 Å². The van der Waals surface area contributed by atoms with Gasteiger partial charge in [0.2, 0.25) is 0 Å². The van der Waals surface area contributed by atoms with Gasteiger partial charge in [-0.15, -0.1) is 0 Å². The lowest BCUT2D eigenvalue weighted by Crippen LogP contribution is -2.15. The number of ether oxygens (including phenoxy) is 12. The summed E-state index contributed by atoms with van der Waals surface area (Å²) < 4.78 is 66.1. The molecule has 0 atom stereocenters. The van der Waals surface area contributed by atoms with Crippen LogP contribution < -0.4 is 4.74 Å². The summed E-state index contributed by atoms with van der Waals surface area (Å²) in [5, 5.41) is 0.838. The number of rotatable bonds is 44. The third-order valence-electron chi connectivity index (χ3n) is 7.43. The lowest BCUT2D eigenvalue weighted by molar-refractivity contribution is -0.0276. The highest BCUT2D eigenvalue weighted by atomic mass is 79.9. The molecule has 0 fully saturated rings. The Hall–Kier alpha value is -0.940. The lowest BCUT2D eigenvalue weighted by atomic mass is 10.0. The zero-order chi connectivity index (χ0) is 37.1. The van der Waals surface area contributed by atoms with E-state index in [-0.39, 0.29) is 0 Å². The predicted octanol–water partition coefficient (Wildman–Crippen LogP) is 5.94. The molecular weight excluding hydrogens is 740 g/mol. The molecule has 1 aromatic rings. The number of benzene rings is 1. The Balaban J connectivity index is 1.68. The summed E-state index contributed by atoms with van der Waals surface area (Å²) in [5.41, 5.74) is 1.38. The van der Waals surface area contributed by atoms with Crippen LogP contribution in [0.5, 0.6) is 5.75 Å². The molecule has 0 unspecified atom stereocenters. The monoisotopic (exact) mass is 810 g/mol. The average Bonchev–Trinajstić information content (AvgIpc) is 3.16. The highest BCUT2D eigenvalue weighted by Gasteiger charge is 1.99. The summed E-state index contributed by atoms with van der Waals surface area (Å²) in [6, 6.07) is 8.46. The minimum absolute atomic E-state index is 0.514. The van der Waals surface area contributed by atoms with Gasteiger partial charge >= 0.3 is 0 Å². The van der Waals surface area contributed by atoms with Crippen molar-refractivity contribution in [1.29, 1.82) is 0 Å². The summed E-state index contributed by atoms with van der Waals surface area (Å²) in [6.45, 7) is 14.6. The van der Waals surface area contributed by atoms with Crippen LogP contribution in [-0.4, -0.2) is 157 Å². The summed E-state index contributed by atoms with van der Waals surface area (Å²) in [5.74, 6) is 0.887. The van der Waals surface area contributed by atoms with E-state index in [1.165, 1.54) is 50.5 Å². The molecular formula is C39H71BrO12. The van der Waals surface area contributed by atoms with E-state index >= 15 is 0 Å². The van der Waals surface area contributed by atoms with Gasteiger partial charge in [-0.25, -0.2) is 0 Å².